The van der Waals surface area contributed by atoms with Gasteiger partial charge in [-0.3, -0.25) is 4.79 Å². The molecule has 0 radical (unpaired) electrons. The van der Waals surface area contributed by atoms with Crippen molar-refractivity contribution in [3.8, 4) is 0 Å². The van der Waals surface area contributed by atoms with E-state index in [1.807, 2.05) is 6.92 Å². The predicted molar refractivity (Wildman–Crippen MR) is 60.5 cm³/mol. The van der Waals surface area contributed by atoms with E-state index >= 15 is 0 Å². The molecule has 0 saturated carbocycles. The van der Waals surface area contributed by atoms with Gasteiger partial charge in [-0.05, 0) is 31.7 Å². The first kappa shape index (κ1) is 12.0. The van der Waals surface area contributed by atoms with E-state index in [1.54, 1.807) is 6.20 Å². The van der Waals surface area contributed by atoms with Gasteiger partial charge in [0.15, 0.2) is 5.82 Å². The zero-order valence-electron chi connectivity index (χ0n) is 9.85. The van der Waals surface area contributed by atoms with Crippen LogP contribution < -0.4 is 0 Å². The van der Waals surface area contributed by atoms with Crippen LogP contribution in [0.3, 0.4) is 0 Å². The van der Waals surface area contributed by atoms with Crippen LogP contribution in [0.5, 0.6) is 0 Å². The molecule has 0 aromatic carbocycles. The van der Waals surface area contributed by atoms with Crippen molar-refractivity contribution >= 4 is 5.97 Å². The molecule has 1 N–H and O–H groups in total. The monoisotopic (exact) mass is 236 g/mol. The Morgan fingerprint density at radius 1 is 1.65 bits per heavy atom. The third kappa shape index (κ3) is 2.79. The van der Waals surface area contributed by atoms with Gasteiger partial charge in [0.25, 0.3) is 0 Å². The summed E-state index contributed by atoms with van der Waals surface area (Å²) in [5, 5.41) is 8.97. The highest BCUT2D eigenvalue weighted by Gasteiger charge is 2.25. The Hall–Kier alpha value is -1.49. The van der Waals surface area contributed by atoms with E-state index < -0.39 is 5.97 Å². The first-order chi connectivity index (χ1) is 8.20. The number of ether oxygens (including phenoxy) is 1. The number of rotatable bonds is 4. The minimum absolute atomic E-state index is 0.288. The van der Waals surface area contributed by atoms with Crippen LogP contribution in [0.4, 0.5) is 0 Å². The number of carbonyl (C=O) groups is 1. The van der Waals surface area contributed by atoms with Crippen molar-refractivity contribution in [3.05, 3.63) is 23.3 Å². The van der Waals surface area contributed by atoms with Crippen LogP contribution in [0.15, 0.2) is 6.20 Å². The van der Waals surface area contributed by atoms with Crippen molar-refractivity contribution in [2.75, 3.05) is 6.61 Å². The molecule has 1 aliphatic carbocycles. The molecule has 17 heavy (non-hydrogen) atoms. The number of aromatic nitrogens is 2. The summed E-state index contributed by atoms with van der Waals surface area (Å²) >= 11 is 0. The molecule has 1 unspecified atom stereocenters. The number of aryl methyl sites for hydroxylation is 1. The Labute approximate surface area is 99.9 Å². The molecule has 0 aliphatic heterocycles. The number of fused-ring (bicyclic) bond motifs is 1. The van der Waals surface area contributed by atoms with Gasteiger partial charge in [-0.1, -0.05) is 0 Å². The number of hydrogen-bond acceptors (Lipinski definition) is 4. The van der Waals surface area contributed by atoms with Gasteiger partial charge >= 0.3 is 5.97 Å². The third-order valence-corrected chi connectivity index (χ3v) is 2.98. The van der Waals surface area contributed by atoms with Gasteiger partial charge < -0.3 is 9.84 Å². The highest BCUT2D eigenvalue weighted by molar-refractivity contribution is 5.70. The largest absolute Gasteiger partial charge is 0.481 e. The molecule has 1 heterocycles. The van der Waals surface area contributed by atoms with E-state index in [-0.39, 0.29) is 5.92 Å². The Morgan fingerprint density at radius 3 is 3.18 bits per heavy atom. The Balaban J connectivity index is 2.11. The molecule has 1 aromatic heterocycles. The van der Waals surface area contributed by atoms with Crippen molar-refractivity contribution in [2.45, 2.75) is 32.8 Å². The summed E-state index contributed by atoms with van der Waals surface area (Å²) in [6.45, 7) is 2.99. The van der Waals surface area contributed by atoms with Crippen molar-refractivity contribution in [1.29, 1.82) is 0 Å². The van der Waals surface area contributed by atoms with Crippen LogP contribution in [0.1, 0.15) is 30.4 Å². The van der Waals surface area contributed by atoms with Gasteiger partial charge in [-0.15, -0.1) is 0 Å². The van der Waals surface area contributed by atoms with E-state index in [2.05, 4.69) is 9.97 Å². The number of nitrogens with zero attached hydrogens (tertiary/aromatic N) is 2. The lowest BCUT2D eigenvalue weighted by Gasteiger charge is -2.20. The molecule has 2 rings (SSSR count). The highest BCUT2D eigenvalue weighted by atomic mass is 16.5. The number of aliphatic carboxylic acids is 1. The Kier molecular flexibility index (Phi) is 3.68. The molecular formula is C12H16N2O3. The van der Waals surface area contributed by atoms with Crippen LogP contribution in [0, 0.1) is 5.92 Å². The number of carboxylic acid groups (broad SMARTS) is 1. The molecule has 0 bridgehead atoms. The average Bonchev–Trinajstić information content (AvgIpc) is 2.35. The smallest absolute Gasteiger partial charge is 0.306 e. The molecule has 1 atom stereocenters. The van der Waals surface area contributed by atoms with Crippen LogP contribution in [0.2, 0.25) is 0 Å². The highest BCUT2D eigenvalue weighted by Crippen LogP contribution is 2.23. The molecular weight excluding hydrogens is 220 g/mol. The summed E-state index contributed by atoms with van der Waals surface area (Å²) in [6.07, 6.45) is 3.66. The molecule has 1 aromatic rings. The maximum atomic E-state index is 10.9. The molecule has 5 nitrogen and oxygen atoms in total. The second kappa shape index (κ2) is 5.23. The lowest BCUT2D eigenvalue weighted by atomic mass is 9.87. The quantitative estimate of drug-likeness (QED) is 0.850. The van der Waals surface area contributed by atoms with E-state index in [9.17, 15) is 4.79 Å². The predicted octanol–water partition coefficient (Wildman–Crippen LogP) is 1.20. The first-order valence-corrected chi connectivity index (χ1v) is 5.85. The molecule has 0 amide bonds. The fourth-order valence-electron chi connectivity index (χ4n) is 2.02. The van der Waals surface area contributed by atoms with Gasteiger partial charge in [-0.25, -0.2) is 9.97 Å². The lowest BCUT2D eigenvalue weighted by Crippen LogP contribution is -2.23. The van der Waals surface area contributed by atoms with Crippen molar-refractivity contribution in [3.63, 3.8) is 0 Å². The van der Waals surface area contributed by atoms with Gasteiger partial charge in [0, 0.05) is 18.5 Å². The maximum Gasteiger partial charge on any atom is 0.306 e. The van der Waals surface area contributed by atoms with Crippen LogP contribution >= 0.6 is 0 Å². The Bertz CT molecular complexity index is 420. The molecule has 5 heteroatoms. The summed E-state index contributed by atoms with van der Waals surface area (Å²) in [5.74, 6) is -0.336. The summed E-state index contributed by atoms with van der Waals surface area (Å²) < 4.78 is 5.25. The summed E-state index contributed by atoms with van der Waals surface area (Å²) in [6, 6.07) is 0. The van der Waals surface area contributed by atoms with Gasteiger partial charge in [0.1, 0.15) is 6.61 Å². The zero-order valence-corrected chi connectivity index (χ0v) is 9.85. The average molecular weight is 236 g/mol. The molecule has 1 aliphatic rings. The van der Waals surface area contributed by atoms with Crippen molar-refractivity contribution < 1.29 is 14.6 Å². The minimum atomic E-state index is -0.728. The van der Waals surface area contributed by atoms with Gasteiger partial charge in [0.05, 0.1) is 5.92 Å². The summed E-state index contributed by atoms with van der Waals surface area (Å²) in [5.41, 5.74) is 1.94. The topological polar surface area (TPSA) is 72.3 Å². The molecule has 0 fully saturated rings. The fraction of sp³-hybridized carbons (Fsp3) is 0.583. The SMILES string of the molecule is CCOCc1ncc2c(n1)CCC(C(=O)O)C2. The van der Waals surface area contributed by atoms with Crippen LogP contribution in [0.25, 0.3) is 0 Å². The van der Waals surface area contributed by atoms with Gasteiger partial charge in [0.2, 0.25) is 0 Å². The van der Waals surface area contributed by atoms with E-state index in [0.717, 1.165) is 11.3 Å². The van der Waals surface area contributed by atoms with Gasteiger partial charge in [-0.2, -0.15) is 0 Å². The Morgan fingerprint density at radius 2 is 2.47 bits per heavy atom. The van der Waals surface area contributed by atoms with Crippen LogP contribution in [-0.2, 0) is 29.0 Å². The molecule has 0 saturated heterocycles. The fourth-order valence-corrected chi connectivity index (χ4v) is 2.02. The zero-order chi connectivity index (χ0) is 12.3. The lowest BCUT2D eigenvalue weighted by molar-refractivity contribution is -0.142. The van der Waals surface area contributed by atoms with E-state index in [4.69, 9.17) is 9.84 Å². The van der Waals surface area contributed by atoms with Crippen LogP contribution in [-0.4, -0.2) is 27.7 Å². The normalized spacial score (nSPS) is 18.8. The summed E-state index contributed by atoms with van der Waals surface area (Å²) in [4.78, 5) is 19.5. The first-order valence-electron chi connectivity index (χ1n) is 5.85. The minimum Gasteiger partial charge on any atom is -0.481 e. The number of carboxylic acids is 1. The van der Waals surface area contributed by atoms with Crippen molar-refractivity contribution in [2.24, 2.45) is 5.92 Å². The van der Waals surface area contributed by atoms with Crippen molar-refractivity contribution in [1.82, 2.24) is 9.97 Å². The third-order valence-electron chi connectivity index (χ3n) is 2.98. The van der Waals surface area contributed by atoms with E-state index in [1.165, 1.54) is 0 Å². The summed E-state index contributed by atoms with van der Waals surface area (Å²) in [7, 11) is 0. The second-order valence-electron chi connectivity index (χ2n) is 4.17. The van der Waals surface area contributed by atoms with E-state index in [0.29, 0.717) is 38.3 Å². The number of hydrogen-bond donors (Lipinski definition) is 1. The molecule has 92 valence electrons. The second-order valence-corrected chi connectivity index (χ2v) is 4.17. The maximum absolute atomic E-state index is 10.9. The molecule has 0 spiro atoms. The standard InChI is InChI=1S/C12H16N2O3/c1-2-17-7-11-13-6-9-5-8(12(15)16)3-4-10(9)14-11/h6,8H,2-5,7H2,1H3,(H,15,16).